The van der Waals surface area contributed by atoms with Crippen LogP contribution in [0.1, 0.15) is 11.1 Å². The highest BCUT2D eigenvalue weighted by Gasteiger charge is 2.58. The summed E-state index contributed by atoms with van der Waals surface area (Å²) in [5, 5.41) is 60.6. The molecule has 1 fully saturated rings. The van der Waals surface area contributed by atoms with E-state index in [4.69, 9.17) is 14.2 Å². The van der Waals surface area contributed by atoms with E-state index in [0.29, 0.717) is 11.1 Å². The second-order valence-electron chi connectivity index (χ2n) is 7.95. The van der Waals surface area contributed by atoms with Crippen LogP contribution >= 0.6 is 0 Å². The SMILES string of the molecule is COc1cc(/C=C/C(=O)C(O)(C(=O)/C=C/c2ccc(O)c(OC)c2)[C@H]2OC(O)[C@@H](O)[C@@H]2O)ccc1O. The lowest BCUT2D eigenvalue weighted by molar-refractivity contribution is -0.182. The summed E-state index contributed by atoms with van der Waals surface area (Å²) in [6.45, 7) is 0. The number of aliphatic hydroxyl groups excluding tert-OH is 3. The van der Waals surface area contributed by atoms with Gasteiger partial charge in [0.2, 0.25) is 5.60 Å². The molecule has 6 N–H and O–H groups in total. The molecule has 0 saturated carbocycles. The third kappa shape index (κ3) is 5.25. The fourth-order valence-electron chi connectivity index (χ4n) is 3.60. The van der Waals surface area contributed by atoms with Gasteiger partial charge in [-0.05, 0) is 47.5 Å². The summed E-state index contributed by atoms with van der Waals surface area (Å²) in [6, 6.07) is 8.29. The van der Waals surface area contributed by atoms with Gasteiger partial charge in [0.1, 0.15) is 18.3 Å². The molecule has 0 bridgehead atoms. The Labute approximate surface area is 205 Å². The lowest BCUT2D eigenvalue weighted by atomic mass is 9.83. The summed E-state index contributed by atoms with van der Waals surface area (Å²) in [5.74, 6) is -2.48. The van der Waals surface area contributed by atoms with Gasteiger partial charge in [-0.3, -0.25) is 9.59 Å². The first-order chi connectivity index (χ1) is 17.0. The van der Waals surface area contributed by atoms with Gasteiger partial charge in [0.15, 0.2) is 40.9 Å². The van der Waals surface area contributed by atoms with Crippen LogP contribution in [0.5, 0.6) is 23.0 Å². The molecule has 1 saturated heterocycles. The van der Waals surface area contributed by atoms with E-state index in [9.17, 15) is 40.2 Å². The fraction of sp³-hybridized carbons (Fsp3) is 0.280. The zero-order chi connectivity index (χ0) is 26.6. The van der Waals surface area contributed by atoms with Gasteiger partial charge in [-0.25, -0.2) is 0 Å². The molecule has 0 radical (unpaired) electrons. The zero-order valence-electron chi connectivity index (χ0n) is 19.3. The number of aromatic hydroxyl groups is 2. The van der Waals surface area contributed by atoms with E-state index in [-0.39, 0.29) is 23.0 Å². The van der Waals surface area contributed by atoms with Gasteiger partial charge in [-0.15, -0.1) is 0 Å². The van der Waals surface area contributed by atoms with Gasteiger partial charge >= 0.3 is 0 Å². The van der Waals surface area contributed by atoms with Crippen LogP contribution in [0.2, 0.25) is 0 Å². The Kier molecular flexibility index (Phi) is 8.13. The summed E-state index contributed by atoms with van der Waals surface area (Å²) in [7, 11) is 2.66. The second-order valence-corrected chi connectivity index (χ2v) is 7.95. The largest absolute Gasteiger partial charge is 0.504 e. The topological polar surface area (TPSA) is 183 Å². The molecule has 0 aromatic heterocycles. The van der Waals surface area contributed by atoms with Crippen LogP contribution in [-0.2, 0) is 14.3 Å². The van der Waals surface area contributed by atoms with E-state index in [0.717, 1.165) is 12.2 Å². The van der Waals surface area contributed by atoms with Crippen LogP contribution in [0.15, 0.2) is 48.6 Å². The molecule has 0 aliphatic carbocycles. The molecule has 1 aliphatic heterocycles. The summed E-state index contributed by atoms with van der Waals surface area (Å²) in [6.07, 6.45) is -3.63. The molecule has 11 heteroatoms. The molecule has 1 unspecified atom stereocenters. The van der Waals surface area contributed by atoms with Crippen molar-refractivity contribution in [3.8, 4) is 23.0 Å². The van der Waals surface area contributed by atoms with Crippen molar-refractivity contribution in [2.24, 2.45) is 0 Å². The predicted octanol–water partition coefficient (Wildman–Crippen LogP) is 0.150. The van der Waals surface area contributed by atoms with Crippen LogP contribution in [0, 0.1) is 0 Å². The molecule has 192 valence electrons. The molecule has 11 nitrogen and oxygen atoms in total. The number of rotatable bonds is 9. The first kappa shape index (κ1) is 26.9. The quantitative estimate of drug-likeness (QED) is 0.203. The summed E-state index contributed by atoms with van der Waals surface area (Å²) in [5.41, 5.74) is -2.30. The maximum Gasteiger partial charge on any atom is 0.218 e. The maximum absolute atomic E-state index is 13.1. The lowest BCUT2D eigenvalue weighted by Gasteiger charge is -2.30. The zero-order valence-corrected chi connectivity index (χ0v) is 19.3. The van der Waals surface area contributed by atoms with Crippen molar-refractivity contribution in [2.45, 2.75) is 30.2 Å². The first-order valence-corrected chi connectivity index (χ1v) is 10.6. The van der Waals surface area contributed by atoms with Crippen LogP contribution in [-0.4, -0.2) is 86.6 Å². The number of methoxy groups -OCH3 is 2. The van der Waals surface area contributed by atoms with Crippen molar-refractivity contribution in [2.75, 3.05) is 14.2 Å². The molecule has 1 aliphatic rings. The molecular weight excluding hydrogens is 476 g/mol. The van der Waals surface area contributed by atoms with Crippen molar-refractivity contribution < 1.29 is 54.4 Å². The number of ether oxygens (including phenoxy) is 3. The first-order valence-electron chi connectivity index (χ1n) is 10.6. The van der Waals surface area contributed by atoms with Crippen molar-refractivity contribution in [1.82, 2.24) is 0 Å². The third-order valence-corrected chi connectivity index (χ3v) is 5.66. The van der Waals surface area contributed by atoms with Crippen LogP contribution in [0.4, 0.5) is 0 Å². The molecule has 0 spiro atoms. The molecule has 0 amide bonds. The number of phenols is 2. The Balaban J connectivity index is 1.96. The van der Waals surface area contributed by atoms with E-state index >= 15 is 0 Å². The number of hydrogen-bond donors (Lipinski definition) is 6. The van der Waals surface area contributed by atoms with Gasteiger partial charge in [-0.2, -0.15) is 0 Å². The molecule has 2 aromatic rings. The van der Waals surface area contributed by atoms with Gasteiger partial charge in [0.25, 0.3) is 0 Å². The highest BCUT2D eigenvalue weighted by atomic mass is 16.7. The van der Waals surface area contributed by atoms with Crippen LogP contribution < -0.4 is 9.47 Å². The van der Waals surface area contributed by atoms with Gasteiger partial charge < -0.3 is 44.8 Å². The monoisotopic (exact) mass is 502 g/mol. The second kappa shape index (κ2) is 10.9. The Hall–Kier alpha value is -3.74. The molecule has 4 atom stereocenters. The van der Waals surface area contributed by atoms with E-state index in [1.165, 1.54) is 62.8 Å². The van der Waals surface area contributed by atoms with Crippen molar-refractivity contribution >= 4 is 23.7 Å². The number of carbonyl (C=O) groups excluding carboxylic acids is 2. The maximum atomic E-state index is 13.1. The van der Waals surface area contributed by atoms with Gasteiger partial charge in [0, 0.05) is 0 Å². The highest BCUT2D eigenvalue weighted by Crippen LogP contribution is 2.32. The summed E-state index contributed by atoms with van der Waals surface area (Å²) < 4.78 is 15.0. The summed E-state index contributed by atoms with van der Waals surface area (Å²) in [4.78, 5) is 26.2. The van der Waals surface area contributed by atoms with E-state index < -0.39 is 41.8 Å². The highest BCUT2D eigenvalue weighted by molar-refractivity contribution is 6.20. The number of hydrogen-bond acceptors (Lipinski definition) is 11. The number of ketones is 2. The van der Waals surface area contributed by atoms with Gasteiger partial charge in [0.05, 0.1) is 14.2 Å². The van der Waals surface area contributed by atoms with Crippen molar-refractivity contribution in [3.05, 3.63) is 59.7 Å². The fourth-order valence-corrected chi connectivity index (χ4v) is 3.60. The van der Waals surface area contributed by atoms with E-state index in [2.05, 4.69) is 0 Å². The average Bonchev–Trinajstić information content (AvgIpc) is 3.14. The minimum Gasteiger partial charge on any atom is -0.504 e. The standard InChI is InChI=1S/C25H26O11/c1-34-17-11-13(3-7-15(17)26)5-9-19(28)25(33,23-21(30)22(31)24(32)36-23)20(29)10-6-14-4-8-16(27)18(12-14)35-2/h3-12,21-24,26-27,30-33H,1-2H3/b9-5+,10-6+/t21-,22-,23-,24?/m0/s1. The normalized spacial score (nSPS) is 22.3. The Morgan fingerprint density at radius 2 is 1.28 bits per heavy atom. The molecule has 2 aromatic carbocycles. The Bertz CT molecular complexity index is 1110. The van der Waals surface area contributed by atoms with Crippen LogP contribution in [0.3, 0.4) is 0 Å². The number of aliphatic hydroxyl groups is 4. The molecular formula is C25H26O11. The predicted molar refractivity (Wildman–Crippen MR) is 125 cm³/mol. The van der Waals surface area contributed by atoms with Crippen LogP contribution in [0.25, 0.3) is 12.2 Å². The Morgan fingerprint density at radius 1 is 0.833 bits per heavy atom. The third-order valence-electron chi connectivity index (χ3n) is 5.66. The molecule has 36 heavy (non-hydrogen) atoms. The molecule has 3 rings (SSSR count). The van der Waals surface area contributed by atoms with E-state index in [1.54, 1.807) is 0 Å². The number of phenolic OH excluding ortho intramolecular Hbond substituents is 2. The molecule has 1 heterocycles. The van der Waals surface area contributed by atoms with Gasteiger partial charge in [-0.1, -0.05) is 24.3 Å². The van der Waals surface area contributed by atoms with Crippen molar-refractivity contribution in [3.63, 3.8) is 0 Å². The smallest absolute Gasteiger partial charge is 0.218 e. The lowest BCUT2D eigenvalue weighted by Crippen LogP contribution is -2.59. The van der Waals surface area contributed by atoms with E-state index in [1.807, 2.05) is 0 Å². The number of carbonyl (C=O) groups is 2. The Morgan fingerprint density at radius 3 is 1.64 bits per heavy atom. The minimum atomic E-state index is -3.03. The average molecular weight is 502 g/mol. The number of benzene rings is 2. The van der Waals surface area contributed by atoms with Crippen molar-refractivity contribution in [1.29, 1.82) is 0 Å². The summed E-state index contributed by atoms with van der Waals surface area (Å²) >= 11 is 0. The minimum absolute atomic E-state index is 0.115.